The van der Waals surface area contributed by atoms with Crippen LogP contribution in [-0.2, 0) is 4.79 Å². The number of aromatic nitrogens is 2. The van der Waals surface area contributed by atoms with Crippen LogP contribution in [0.1, 0.15) is 34.7 Å². The third-order valence-corrected chi connectivity index (χ3v) is 6.66. The van der Waals surface area contributed by atoms with E-state index in [1.807, 2.05) is 52.3 Å². The standard InChI is InChI=1S/C26H26FN5O2/c27-22-15-20(18-10-13-31(14-11-18)26(34)19-5-2-1-3-6-19)8-9-23(22)29-25(33)21-16-32(17-21)24-7-4-12-28-30-24/h1-9,12,15,18,21H,10-11,13-14,16-17H2,(H,29,33). The Morgan fingerprint density at radius 1 is 0.971 bits per heavy atom. The Balaban J connectivity index is 1.14. The predicted molar refractivity (Wildman–Crippen MR) is 127 cm³/mol. The fraction of sp³-hybridized carbons (Fsp3) is 0.308. The first-order chi connectivity index (χ1) is 16.6. The van der Waals surface area contributed by atoms with Crippen molar-refractivity contribution in [3.63, 3.8) is 0 Å². The number of nitrogens with zero attached hydrogens (tertiary/aromatic N) is 4. The Hall–Kier alpha value is -3.81. The van der Waals surface area contributed by atoms with Gasteiger partial charge < -0.3 is 15.1 Å². The number of likely N-dealkylation sites (tertiary alicyclic amines) is 1. The summed E-state index contributed by atoms with van der Waals surface area (Å²) in [7, 11) is 0. The van der Waals surface area contributed by atoms with Gasteiger partial charge >= 0.3 is 0 Å². The summed E-state index contributed by atoms with van der Waals surface area (Å²) in [5.41, 5.74) is 1.79. The Morgan fingerprint density at radius 2 is 1.74 bits per heavy atom. The van der Waals surface area contributed by atoms with Gasteiger partial charge in [-0.05, 0) is 60.7 Å². The zero-order valence-electron chi connectivity index (χ0n) is 18.7. The molecule has 2 saturated heterocycles. The first kappa shape index (κ1) is 22.0. The molecule has 5 rings (SSSR count). The van der Waals surface area contributed by atoms with Crippen LogP contribution in [0.3, 0.4) is 0 Å². The summed E-state index contributed by atoms with van der Waals surface area (Å²) in [6.45, 7) is 2.35. The van der Waals surface area contributed by atoms with Crippen molar-refractivity contribution >= 4 is 23.3 Å². The molecule has 1 N–H and O–H groups in total. The number of carbonyl (C=O) groups excluding carboxylic acids is 2. The molecule has 1 aromatic heterocycles. The van der Waals surface area contributed by atoms with Gasteiger partial charge in [-0.15, -0.1) is 5.10 Å². The second kappa shape index (κ2) is 9.59. The molecule has 2 amide bonds. The highest BCUT2D eigenvalue weighted by molar-refractivity contribution is 5.95. The monoisotopic (exact) mass is 459 g/mol. The molecule has 8 heteroatoms. The van der Waals surface area contributed by atoms with Crippen LogP contribution in [0.25, 0.3) is 0 Å². The second-order valence-corrected chi connectivity index (χ2v) is 8.84. The van der Waals surface area contributed by atoms with E-state index in [0.717, 1.165) is 24.2 Å². The van der Waals surface area contributed by atoms with E-state index >= 15 is 0 Å². The summed E-state index contributed by atoms with van der Waals surface area (Å²) in [5, 5.41) is 10.6. The van der Waals surface area contributed by atoms with Gasteiger partial charge in [0.2, 0.25) is 5.91 Å². The SMILES string of the molecule is O=C(Nc1ccc(C2CCN(C(=O)c3ccccc3)CC2)cc1F)C1CN(c2cccnn2)C1. The van der Waals surface area contributed by atoms with Gasteiger partial charge in [-0.25, -0.2) is 4.39 Å². The van der Waals surface area contributed by atoms with Crippen molar-refractivity contribution in [3.05, 3.63) is 83.8 Å². The average Bonchev–Trinajstić information content (AvgIpc) is 2.85. The maximum absolute atomic E-state index is 14.8. The number of nitrogens with one attached hydrogen (secondary N) is 1. The van der Waals surface area contributed by atoms with Crippen LogP contribution in [-0.4, -0.2) is 53.1 Å². The molecule has 0 atom stereocenters. The van der Waals surface area contributed by atoms with Crippen LogP contribution in [0.4, 0.5) is 15.9 Å². The number of amides is 2. The van der Waals surface area contributed by atoms with E-state index < -0.39 is 5.82 Å². The number of hydrogen-bond acceptors (Lipinski definition) is 5. The summed E-state index contributed by atoms with van der Waals surface area (Å²) in [4.78, 5) is 29.0. The largest absolute Gasteiger partial charge is 0.353 e. The molecule has 7 nitrogen and oxygen atoms in total. The van der Waals surface area contributed by atoms with E-state index in [1.165, 1.54) is 6.07 Å². The highest BCUT2D eigenvalue weighted by atomic mass is 19.1. The fourth-order valence-corrected chi connectivity index (χ4v) is 4.59. The Kier molecular flexibility index (Phi) is 6.20. The molecule has 2 aromatic carbocycles. The van der Waals surface area contributed by atoms with Crippen LogP contribution >= 0.6 is 0 Å². The molecule has 174 valence electrons. The molecular weight excluding hydrogens is 433 g/mol. The van der Waals surface area contributed by atoms with E-state index in [1.54, 1.807) is 18.3 Å². The number of piperidine rings is 1. The summed E-state index contributed by atoms with van der Waals surface area (Å²) in [5.74, 6) is 0.118. The highest BCUT2D eigenvalue weighted by Gasteiger charge is 2.34. The van der Waals surface area contributed by atoms with Crippen molar-refractivity contribution < 1.29 is 14.0 Å². The third-order valence-electron chi connectivity index (χ3n) is 6.66. The van der Waals surface area contributed by atoms with Gasteiger partial charge in [-0.1, -0.05) is 24.3 Å². The first-order valence-electron chi connectivity index (χ1n) is 11.6. The van der Waals surface area contributed by atoms with Gasteiger partial charge in [0, 0.05) is 37.9 Å². The van der Waals surface area contributed by atoms with E-state index in [-0.39, 0.29) is 29.3 Å². The summed E-state index contributed by atoms with van der Waals surface area (Å²) < 4.78 is 14.8. The van der Waals surface area contributed by atoms with Gasteiger partial charge in [0.05, 0.1) is 11.6 Å². The third kappa shape index (κ3) is 4.62. The Labute approximate surface area is 197 Å². The number of anilines is 2. The smallest absolute Gasteiger partial charge is 0.253 e. The molecule has 0 spiro atoms. The van der Waals surface area contributed by atoms with Crippen LogP contribution in [0, 0.1) is 11.7 Å². The van der Waals surface area contributed by atoms with Gasteiger partial charge in [-0.3, -0.25) is 9.59 Å². The predicted octanol–water partition coefficient (Wildman–Crippen LogP) is 3.71. The molecule has 0 radical (unpaired) electrons. The van der Waals surface area contributed by atoms with Crippen molar-refractivity contribution in [1.82, 2.24) is 15.1 Å². The van der Waals surface area contributed by atoms with E-state index in [4.69, 9.17) is 0 Å². The maximum atomic E-state index is 14.8. The first-order valence-corrected chi connectivity index (χ1v) is 11.6. The molecule has 0 bridgehead atoms. The topological polar surface area (TPSA) is 78.4 Å². The molecule has 2 aliphatic heterocycles. The Bertz CT molecular complexity index is 1160. The summed E-state index contributed by atoms with van der Waals surface area (Å²) in [6, 6.07) is 18.0. The van der Waals surface area contributed by atoms with Gasteiger partial charge in [0.25, 0.3) is 5.91 Å². The van der Waals surface area contributed by atoms with Crippen LogP contribution in [0.2, 0.25) is 0 Å². The number of carbonyl (C=O) groups is 2. The zero-order valence-corrected chi connectivity index (χ0v) is 18.7. The van der Waals surface area contributed by atoms with Crippen molar-refractivity contribution in [2.75, 3.05) is 36.4 Å². The van der Waals surface area contributed by atoms with Crippen LogP contribution < -0.4 is 10.2 Å². The lowest BCUT2D eigenvalue weighted by molar-refractivity contribution is -0.120. The van der Waals surface area contributed by atoms with E-state index in [2.05, 4.69) is 15.5 Å². The van der Waals surface area contributed by atoms with Crippen LogP contribution in [0.5, 0.6) is 0 Å². The van der Waals surface area contributed by atoms with Crippen molar-refractivity contribution in [3.8, 4) is 0 Å². The normalized spacial score (nSPS) is 16.7. The van der Waals surface area contributed by atoms with Gasteiger partial charge in [-0.2, -0.15) is 5.10 Å². The minimum atomic E-state index is -0.432. The number of halogens is 1. The quantitative estimate of drug-likeness (QED) is 0.629. The minimum absolute atomic E-state index is 0.0390. The number of rotatable bonds is 5. The van der Waals surface area contributed by atoms with Crippen molar-refractivity contribution in [2.45, 2.75) is 18.8 Å². The van der Waals surface area contributed by atoms with Crippen molar-refractivity contribution in [2.24, 2.45) is 5.92 Å². The average molecular weight is 460 g/mol. The molecule has 0 saturated carbocycles. The fourth-order valence-electron chi connectivity index (χ4n) is 4.59. The molecule has 0 aliphatic carbocycles. The molecule has 2 fully saturated rings. The summed E-state index contributed by atoms with van der Waals surface area (Å²) in [6.07, 6.45) is 3.17. The highest BCUT2D eigenvalue weighted by Crippen LogP contribution is 2.31. The second-order valence-electron chi connectivity index (χ2n) is 8.84. The van der Waals surface area contributed by atoms with E-state index in [9.17, 15) is 14.0 Å². The molecular formula is C26H26FN5O2. The number of benzene rings is 2. The molecule has 3 aromatic rings. The lowest BCUT2D eigenvalue weighted by Crippen LogP contribution is -2.52. The molecule has 34 heavy (non-hydrogen) atoms. The molecule has 0 unspecified atom stereocenters. The summed E-state index contributed by atoms with van der Waals surface area (Å²) >= 11 is 0. The van der Waals surface area contributed by atoms with E-state index in [0.29, 0.717) is 31.7 Å². The maximum Gasteiger partial charge on any atom is 0.253 e. The molecule has 3 heterocycles. The van der Waals surface area contributed by atoms with Crippen molar-refractivity contribution in [1.29, 1.82) is 0 Å². The lowest BCUT2D eigenvalue weighted by Gasteiger charge is -2.38. The number of hydrogen-bond donors (Lipinski definition) is 1. The minimum Gasteiger partial charge on any atom is -0.353 e. The molecule has 2 aliphatic rings. The van der Waals surface area contributed by atoms with Gasteiger partial charge in [0.15, 0.2) is 5.82 Å². The van der Waals surface area contributed by atoms with Crippen LogP contribution in [0.15, 0.2) is 66.9 Å². The Morgan fingerprint density at radius 3 is 2.41 bits per heavy atom. The van der Waals surface area contributed by atoms with Gasteiger partial charge in [0.1, 0.15) is 5.82 Å². The lowest BCUT2D eigenvalue weighted by atomic mass is 9.89. The zero-order chi connectivity index (χ0) is 23.5.